The number of aliphatic hydroxyl groups is 1. The van der Waals surface area contributed by atoms with Crippen LogP contribution in [0.2, 0.25) is 0 Å². The van der Waals surface area contributed by atoms with Gasteiger partial charge in [-0.2, -0.15) is 0 Å². The monoisotopic (exact) mass is 270 g/mol. The predicted octanol–water partition coefficient (Wildman–Crippen LogP) is 3.96. The van der Waals surface area contributed by atoms with Crippen molar-refractivity contribution >= 4 is 7.12 Å². The minimum atomic E-state index is -0.750. The highest BCUT2D eigenvalue weighted by atomic mass is 19.1. The lowest BCUT2D eigenvalue weighted by Gasteiger charge is -2.32. The van der Waals surface area contributed by atoms with Gasteiger partial charge in [0.05, 0.1) is 17.0 Å². The van der Waals surface area contributed by atoms with Crippen LogP contribution in [-0.2, 0) is 9.31 Å². The fraction of sp³-hybridized carbons (Fsp3) is 0.714. The molecule has 1 rings (SSSR count). The number of hydrogen-bond donors (Lipinski definition) is 1. The van der Waals surface area contributed by atoms with Crippen molar-refractivity contribution in [3.63, 3.8) is 0 Å². The molecule has 3 nitrogen and oxygen atoms in total. The third kappa shape index (κ3) is 3.40. The summed E-state index contributed by atoms with van der Waals surface area (Å²) in [5, 5.41) is 9.75. The SMILES string of the molecule is C/C(O)=C(\C=C(/F)C(C)C)B1OC(C)(C)C(C)(C)O1. The summed E-state index contributed by atoms with van der Waals surface area (Å²) in [5.41, 5.74) is -0.689. The van der Waals surface area contributed by atoms with Gasteiger partial charge in [-0.1, -0.05) is 13.8 Å². The number of allylic oxidation sites excluding steroid dienone is 4. The van der Waals surface area contributed by atoms with Crippen LogP contribution in [0, 0.1) is 5.92 Å². The van der Waals surface area contributed by atoms with E-state index in [0.29, 0.717) is 5.47 Å². The first-order chi connectivity index (χ1) is 8.48. The average Bonchev–Trinajstić information content (AvgIpc) is 2.43. The van der Waals surface area contributed by atoms with E-state index >= 15 is 0 Å². The molecule has 0 bridgehead atoms. The third-order valence-corrected chi connectivity index (χ3v) is 3.77. The molecule has 1 fully saturated rings. The largest absolute Gasteiger partial charge is 0.513 e. The summed E-state index contributed by atoms with van der Waals surface area (Å²) >= 11 is 0. The lowest BCUT2D eigenvalue weighted by atomic mass is 9.76. The molecule has 19 heavy (non-hydrogen) atoms. The third-order valence-electron chi connectivity index (χ3n) is 3.77. The summed E-state index contributed by atoms with van der Waals surface area (Å²) in [6, 6.07) is 0. The lowest BCUT2D eigenvalue weighted by molar-refractivity contribution is 0.00578. The fourth-order valence-corrected chi connectivity index (χ4v) is 1.63. The number of aliphatic hydroxyl groups excluding tert-OH is 1. The summed E-state index contributed by atoms with van der Waals surface area (Å²) < 4.78 is 25.4. The predicted molar refractivity (Wildman–Crippen MR) is 75.4 cm³/mol. The lowest BCUT2D eigenvalue weighted by Crippen LogP contribution is -2.41. The molecule has 0 saturated carbocycles. The second-order valence-corrected chi connectivity index (χ2v) is 6.31. The molecule has 1 saturated heterocycles. The van der Waals surface area contributed by atoms with Crippen LogP contribution in [0.15, 0.2) is 23.1 Å². The Hall–Kier alpha value is -0.805. The molecular formula is C14H24BFO3. The van der Waals surface area contributed by atoms with E-state index in [4.69, 9.17) is 9.31 Å². The molecule has 1 aliphatic heterocycles. The van der Waals surface area contributed by atoms with Crippen LogP contribution in [0.1, 0.15) is 48.5 Å². The van der Waals surface area contributed by atoms with Crippen LogP contribution in [0.25, 0.3) is 0 Å². The van der Waals surface area contributed by atoms with Crippen LogP contribution in [-0.4, -0.2) is 23.4 Å². The van der Waals surface area contributed by atoms with Gasteiger partial charge in [-0.05, 0) is 40.7 Å². The Morgan fingerprint density at radius 3 is 1.89 bits per heavy atom. The van der Waals surface area contributed by atoms with Crippen molar-refractivity contribution in [3.8, 4) is 0 Å². The van der Waals surface area contributed by atoms with Crippen LogP contribution in [0.3, 0.4) is 0 Å². The Morgan fingerprint density at radius 1 is 1.16 bits per heavy atom. The first kappa shape index (κ1) is 16.2. The van der Waals surface area contributed by atoms with Gasteiger partial charge in [-0.3, -0.25) is 0 Å². The minimum Gasteiger partial charge on any atom is -0.513 e. The highest BCUT2D eigenvalue weighted by Gasteiger charge is 2.52. The van der Waals surface area contributed by atoms with E-state index in [2.05, 4.69) is 0 Å². The van der Waals surface area contributed by atoms with Gasteiger partial charge in [0.15, 0.2) is 0 Å². The van der Waals surface area contributed by atoms with E-state index in [-0.39, 0.29) is 17.5 Å². The zero-order chi connectivity index (χ0) is 15.0. The molecule has 1 aliphatic rings. The molecule has 108 valence electrons. The van der Waals surface area contributed by atoms with Gasteiger partial charge >= 0.3 is 7.12 Å². The first-order valence-corrected chi connectivity index (χ1v) is 6.60. The maximum Gasteiger partial charge on any atom is 0.498 e. The quantitative estimate of drug-likeness (QED) is 0.479. The maximum atomic E-state index is 13.8. The van der Waals surface area contributed by atoms with Crippen LogP contribution < -0.4 is 0 Å². The van der Waals surface area contributed by atoms with Gasteiger partial charge in [-0.25, -0.2) is 4.39 Å². The van der Waals surface area contributed by atoms with Crippen molar-refractivity contribution in [2.24, 2.45) is 5.92 Å². The molecule has 0 unspecified atom stereocenters. The van der Waals surface area contributed by atoms with E-state index in [1.165, 1.54) is 13.0 Å². The van der Waals surface area contributed by atoms with Gasteiger partial charge in [0.1, 0.15) is 5.83 Å². The van der Waals surface area contributed by atoms with E-state index in [9.17, 15) is 9.50 Å². The number of hydrogen-bond acceptors (Lipinski definition) is 3. The second-order valence-electron chi connectivity index (χ2n) is 6.31. The summed E-state index contributed by atoms with van der Waals surface area (Å²) in [6.45, 7) is 12.7. The van der Waals surface area contributed by atoms with Crippen molar-refractivity contribution in [3.05, 3.63) is 23.1 Å². The summed E-state index contributed by atoms with van der Waals surface area (Å²) in [7, 11) is -0.750. The summed E-state index contributed by atoms with van der Waals surface area (Å²) in [6.07, 6.45) is 1.31. The normalized spacial score (nSPS) is 23.8. The molecule has 0 aromatic carbocycles. The van der Waals surface area contributed by atoms with Crippen molar-refractivity contribution in [2.45, 2.75) is 59.7 Å². The van der Waals surface area contributed by atoms with Crippen molar-refractivity contribution < 1.29 is 18.8 Å². The molecule has 5 heteroatoms. The van der Waals surface area contributed by atoms with Crippen molar-refractivity contribution in [1.29, 1.82) is 0 Å². The minimum absolute atomic E-state index is 0.00861. The molecule has 1 N–H and O–H groups in total. The topological polar surface area (TPSA) is 38.7 Å². The van der Waals surface area contributed by atoms with E-state index < -0.39 is 18.3 Å². The smallest absolute Gasteiger partial charge is 0.498 e. The summed E-state index contributed by atoms with van der Waals surface area (Å²) in [4.78, 5) is 0. The number of rotatable bonds is 3. The van der Waals surface area contributed by atoms with Gasteiger partial charge in [0.2, 0.25) is 0 Å². The number of halogens is 1. The van der Waals surface area contributed by atoms with Crippen molar-refractivity contribution in [1.82, 2.24) is 0 Å². The van der Waals surface area contributed by atoms with Crippen molar-refractivity contribution in [2.75, 3.05) is 0 Å². The molecule has 0 radical (unpaired) electrons. The molecular weight excluding hydrogens is 246 g/mol. The Kier molecular flexibility index (Phi) is 4.53. The molecule has 0 atom stereocenters. The first-order valence-electron chi connectivity index (χ1n) is 6.60. The van der Waals surface area contributed by atoms with Crippen LogP contribution >= 0.6 is 0 Å². The van der Waals surface area contributed by atoms with Gasteiger partial charge in [0.25, 0.3) is 0 Å². The van der Waals surface area contributed by atoms with Crippen LogP contribution in [0.4, 0.5) is 4.39 Å². The average molecular weight is 270 g/mol. The van der Waals surface area contributed by atoms with Crippen LogP contribution in [0.5, 0.6) is 0 Å². The molecule has 0 spiro atoms. The molecule has 1 heterocycles. The zero-order valence-corrected chi connectivity index (χ0v) is 12.9. The highest BCUT2D eigenvalue weighted by molar-refractivity contribution is 6.55. The Bertz CT molecular complexity index is 391. The van der Waals surface area contributed by atoms with Gasteiger partial charge in [0, 0.05) is 11.4 Å². The van der Waals surface area contributed by atoms with E-state index in [1.807, 2.05) is 27.7 Å². The van der Waals surface area contributed by atoms with Gasteiger partial charge < -0.3 is 14.4 Å². The van der Waals surface area contributed by atoms with E-state index in [0.717, 1.165) is 0 Å². The standard InChI is InChI=1S/C14H24BFO3/c1-9(2)12(16)8-11(10(3)17)15-18-13(4,5)14(6,7)19-15/h8-9,17H,1-7H3/b11-10-,12-8-. The highest BCUT2D eigenvalue weighted by Crippen LogP contribution is 2.39. The molecule has 0 amide bonds. The zero-order valence-electron chi connectivity index (χ0n) is 12.9. The maximum absolute atomic E-state index is 13.8. The molecule has 0 aliphatic carbocycles. The Labute approximate surface area is 115 Å². The Morgan fingerprint density at radius 2 is 1.58 bits per heavy atom. The fourth-order valence-electron chi connectivity index (χ4n) is 1.63. The second kappa shape index (κ2) is 5.29. The molecule has 0 aromatic heterocycles. The summed E-state index contributed by atoms with van der Waals surface area (Å²) in [5.74, 6) is -0.538. The molecule has 0 aromatic rings. The van der Waals surface area contributed by atoms with E-state index in [1.54, 1.807) is 13.8 Å². The Balaban J connectivity index is 3.07. The van der Waals surface area contributed by atoms with Gasteiger partial charge in [-0.15, -0.1) is 0 Å².